The Kier molecular flexibility index (Phi) is 4.53. The highest BCUT2D eigenvalue weighted by Gasteiger charge is 2.21. The molecule has 0 spiro atoms. The lowest BCUT2D eigenvalue weighted by atomic mass is 10.3. The second-order valence-electron chi connectivity index (χ2n) is 4.38. The van der Waals surface area contributed by atoms with Crippen LogP contribution in [0.25, 0.3) is 0 Å². The summed E-state index contributed by atoms with van der Waals surface area (Å²) < 4.78 is 26.3. The van der Waals surface area contributed by atoms with Gasteiger partial charge in [-0.2, -0.15) is 0 Å². The second-order valence-corrected chi connectivity index (χ2v) is 7.10. The zero-order chi connectivity index (χ0) is 13.0. The summed E-state index contributed by atoms with van der Waals surface area (Å²) in [6.45, 7) is 0.516. The van der Waals surface area contributed by atoms with Gasteiger partial charge in [-0.15, -0.1) is 11.8 Å². The number of sulfonamides is 1. The molecule has 2 rings (SSSR count). The SMILES string of the molecule is CSc1cccc(NS(=O)(=O)CCNC2CC2)c1. The Hall–Kier alpha value is -0.720. The Labute approximate surface area is 113 Å². The average Bonchev–Trinajstić information content (AvgIpc) is 3.12. The van der Waals surface area contributed by atoms with E-state index in [4.69, 9.17) is 0 Å². The molecule has 1 saturated carbocycles. The van der Waals surface area contributed by atoms with Crippen molar-refractivity contribution in [2.75, 3.05) is 23.3 Å². The number of nitrogens with one attached hydrogen (secondary N) is 2. The fraction of sp³-hybridized carbons (Fsp3) is 0.500. The summed E-state index contributed by atoms with van der Waals surface area (Å²) >= 11 is 1.59. The van der Waals surface area contributed by atoms with Gasteiger partial charge in [0.15, 0.2) is 0 Å². The van der Waals surface area contributed by atoms with E-state index in [2.05, 4.69) is 10.0 Å². The van der Waals surface area contributed by atoms with E-state index in [-0.39, 0.29) is 5.75 Å². The van der Waals surface area contributed by atoms with Crippen LogP contribution < -0.4 is 10.0 Å². The smallest absolute Gasteiger partial charge is 0.233 e. The predicted octanol–water partition coefficient (Wildman–Crippen LogP) is 1.90. The summed E-state index contributed by atoms with van der Waals surface area (Å²) in [5.74, 6) is 0.118. The molecule has 18 heavy (non-hydrogen) atoms. The van der Waals surface area contributed by atoms with Crippen LogP contribution in [0.2, 0.25) is 0 Å². The first-order valence-electron chi connectivity index (χ1n) is 5.97. The molecule has 0 heterocycles. The van der Waals surface area contributed by atoms with Crippen molar-refractivity contribution in [2.24, 2.45) is 0 Å². The van der Waals surface area contributed by atoms with Crippen LogP contribution in [0.3, 0.4) is 0 Å². The minimum absolute atomic E-state index is 0.118. The lowest BCUT2D eigenvalue weighted by Gasteiger charge is -2.09. The van der Waals surface area contributed by atoms with Crippen molar-refractivity contribution in [3.63, 3.8) is 0 Å². The van der Waals surface area contributed by atoms with Gasteiger partial charge in [-0.05, 0) is 37.3 Å². The number of hydrogen-bond donors (Lipinski definition) is 2. The predicted molar refractivity (Wildman–Crippen MR) is 76.7 cm³/mol. The number of benzene rings is 1. The normalized spacial score (nSPS) is 15.6. The molecular weight excluding hydrogens is 268 g/mol. The molecule has 2 N–H and O–H groups in total. The van der Waals surface area contributed by atoms with Gasteiger partial charge in [-0.25, -0.2) is 8.42 Å². The van der Waals surface area contributed by atoms with Gasteiger partial charge < -0.3 is 5.32 Å². The van der Waals surface area contributed by atoms with Crippen LogP contribution in [-0.2, 0) is 10.0 Å². The molecule has 0 radical (unpaired) electrons. The van der Waals surface area contributed by atoms with Crippen molar-refractivity contribution < 1.29 is 8.42 Å². The molecule has 1 fully saturated rings. The van der Waals surface area contributed by atoms with Crippen molar-refractivity contribution in [3.8, 4) is 0 Å². The molecule has 100 valence electrons. The molecule has 1 aliphatic carbocycles. The van der Waals surface area contributed by atoms with E-state index in [1.54, 1.807) is 17.8 Å². The Bertz CT molecular complexity index is 499. The number of anilines is 1. The number of thioether (sulfide) groups is 1. The molecule has 0 aliphatic heterocycles. The summed E-state index contributed by atoms with van der Waals surface area (Å²) in [4.78, 5) is 1.05. The lowest BCUT2D eigenvalue weighted by molar-refractivity contribution is 0.595. The molecule has 0 atom stereocenters. The minimum Gasteiger partial charge on any atom is -0.313 e. The summed E-state index contributed by atoms with van der Waals surface area (Å²) in [6, 6.07) is 7.96. The Morgan fingerprint density at radius 2 is 2.17 bits per heavy atom. The standard InChI is InChI=1S/C12H18N2O2S2/c1-17-12-4-2-3-11(9-12)14-18(15,16)8-7-13-10-5-6-10/h2-4,9-10,13-14H,5-8H2,1H3. The van der Waals surface area contributed by atoms with Crippen molar-refractivity contribution in [3.05, 3.63) is 24.3 Å². The Balaban J connectivity index is 1.88. The quantitative estimate of drug-likeness (QED) is 0.752. The number of rotatable bonds is 7. The minimum atomic E-state index is -3.25. The molecule has 1 aromatic carbocycles. The van der Waals surface area contributed by atoms with E-state index < -0.39 is 10.0 Å². The van der Waals surface area contributed by atoms with Gasteiger partial charge in [-0.3, -0.25) is 4.72 Å². The van der Waals surface area contributed by atoms with Gasteiger partial charge in [-0.1, -0.05) is 6.07 Å². The van der Waals surface area contributed by atoms with Crippen LogP contribution in [0, 0.1) is 0 Å². The molecule has 0 amide bonds. The van der Waals surface area contributed by atoms with E-state index in [1.165, 1.54) is 12.8 Å². The van der Waals surface area contributed by atoms with E-state index >= 15 is 0 Å². The van der Waals surface area contributed by atoms with Crippen LogP contribution in [-0.4, -0.2) is 33.0 Å². The highest BCUT2D eigenvalue weighted by molar-refractivity contribution is 7.98. The van der Waals surface area contributed by atoms with Gasteiger partial charge in [0.25, 0.3) is 0 Å². The van der Waals surface area contributed by atoms with E-state index in [0.29, 0.717) is 18.3 Å². The number of hydrogen-bond acceptors (Lipinski definition) is 4. The van der Waals surface area contributed by atoms with E-state index in [0.717, 1.165) is 4.90 Å². The zero-order valence-corrected chi connectivity index (χ0v) is 12.0. The zero-order valence-electron chi connectivity index (χ0n) is 10.3. The average molecular weight is 286 g/mol. The Morgan fingerprint density at radius 3 is 2.83 bits per heavy atom. The van der Waals surface area contributed by atoms with Crippen molar-refractivity contribution >= 4 is 27.5 Å². The van der Waals surface area contributed by atoms with Gasteiger partial charge in [0.05, 0.1) is 5.75 Å². The maximum Gasteiger partial charge on any atom is 0.233 e. The third-order valence-corrected chi connectivity index (χ3v) is 4.74. The summed E-state index contributed by atoms with van der Waals surface area (Å²) in [7, 11) is -3.25. The highest BCUT2D eigenvalue weighted by Crippen LogP contribution is 2.20. The molecule has 0 bridgehead atoms. The fourth-order valence-electron chi connectivity index (χ4n) is 1.60. The van der Waals surface area contributed by atoms with Crippen molar-refractivity contribution in [1.82, 2.24) is 5.32 Å². The first-order valence-corrected chi connectivity index (χ1v) is 8.85. The summed E-state index contributed by atoms with van der Waals surface area (Å²) in [5, 5.41) is 3.20. The molecular formula is C12H18N2O2S2. The summed E-state index contributed by atoms with van der Waals surface area (Å²) in [6.07, 6.45) is 4.31. The van der Waals surface area contributed by atoms with Crippen LogP contribution >= 0.6 is 11.8 Å². The molecule has 4 nitrogen and oxygen atoms in total. The first kappa shape index (κ1) is 13.7. The van der Waals surface area contributed by atoms with Crippen molar-refractivity contribution in [2.45, 2.75) is 23.8 Å². The van der Waals surface area contributed by atoms with E-state index in [9.17, 15) is 8.42 Å². The van der Waals surface area contributed by atoms with Crippen molar-refractivity contribution in [1.29, 1.82) is 0 Å². The molecule has 0 unspecified atom stereocenters. The first-order chi connectivity index (χ1) is 8.59. The highest BCUT2D eigenvalue weighted by atomic mass is 32.2. The van der Waals surface area contributed by atoms with Crippen LogP contribution in [0.4, 0.5) is 5.69 Å². The molecule has 1 aromatic rings. The molecule has 1 aliphatic rings. The molecule has 0 saturated heterocycles. The largest absolute Gasteiger partial charge is 0.313 e. The van der Waals surface area contributed by atoms with Gasteiger partial charge in [0.1, 0.15) is 0 Å². The van der Waals surface area contributed by atoms with Crippen LogP contribution in [0.1, 0.15) is 12.8 Å². The molecule has 0 aromatic heterocycles. The van der Waals surface area contributed by atoms with Gasteiger partial charge >= 0.3 is 0 Å². The molecule has 6 heteroatoms. The van der Waals surface area contributed by atoms with Gasteiger partial charge in [0.2, 0.25) is 10.0 Å². The monoisotopic (exact) mass is 286 g/mol. The maximum absolute atomic E-state index is 11.8. The fourth-order valence-corrected chi connectivity index (χ4v) is 3.04. The van der Waals surface area contributed by atoms with E-state index in [1.807, 2.05) is 24.5 Å². The second kappa shape index (κ2) is 5.95. The maximum atomic E-state index is 11.8. The third kappa shape index (κ3) is 4.51. The summed E-state index contributed by atoms with van der Waals surface area (Å²) in [5.41, 5.74) is 0.633. The van der Waals surface area contributed by atoms with Gasteiger partial charge in [0, 0.05) is 23.2 Å². The Morgan fingerprint density at radius 1 is 1.39 bits per heavy atom. The lowest BCUT2D eigenvalue weighted by Crippen LogP contribution is -2.27. The van der Waals surface area contributed by atoms with Crippen LogP contribution in [0.15, 0.2) is 29.2 Å². The topological polar surface area (TPSA) is 58.2 Å². The van der Waals surface area contributed by atoms with Crippen LogP contribution in [0.5, 0.6) is 0 Å². The third-order valence-electron chi connectivity index (χ3n) is 2.72.